The van der Waals surface area contributed by atoms with Gasteiger partial charge in [0.1, 0.15) is 11.6 Å². The minimum absolute atomic E-state index is 0.118. The van der Waals surface area contributed by atoms with E-state index >= 15 is 0 Å². The molecule has 17 heavy (non-hydrogen) atoms. The Kier molecular flexibility index (Phi) is 4.00. The molecule has 1 aromatic carbocycles. The van der Waals surface area contributed by atoms with Crippen molar-refractivity contribution < 1.29 is 8.78 Å². The van der Waals surface area contributed by atoms with Crippen LogP contribution in [0.15, 0.2) is 18.2 Å². The number of halogens is 3. The zero-order chi connectivity index (χ0) is 12.4. The molecule has 0 spiro atoms. The van der Waals surface area contributed by atoms with Gasteiger partial charge in [-0.25, -0.2) is 8.78 Å². The van der Waals surface area contributed by atoms with E-state index in [2.05, 4.69) is 11.8 Å². The van der Waals surface area contributed by atoms with Crippen LogP contribution >= 0.6 is 11.6 Å². The van der Waals surface area contributed by atoms with Gasteiger partial charge in [0.2, 0.25) is 0 Å². The first-order valence-electron chi connectivity index (χ1n) is 5.86. The molecule has 0 aromatic heterocycles. The summed E-state index contributed by atoms with van der Waals surface area (Å²) in [5.41, 5.74) is 0.532. The second kappa shape index (κ2) is 5.32. The highest BCUT2D eigenvalue weighted by molar-refractivity contribution is 6.21. The lowest BCUT2D eigenvalue weighted by molar-refractivity contribution is 0.187. The van der Waals surface area contributed by atoms with Gasteiger partial charge in [0, 0.05) is 30.1 Å². The van der Waals surface area contributed by atoms with Crippen LogP contribution in [0.1, 0.15) is 18.9 Å². The summed E-state index contributed by atoms with van der Waals surface area (Å²) in [5.74, 6) is -0.505. The van der Waals surface area contributed by atoms with Crippen molar-refractivity contribution in [2.75, 3.05) is 13.1 Å². The predicted octanol–water partition coefficient (Wildman–Crippen LogP) is 3.41. The van der Waals surface area contributed by atoms with E-state index in [0.717, 1.165) is 25.6 Å². The molecule has 2 atom stereocenters. The largest absolute Gasteiger partial charge is 0.297 e. The number of hydrogen-bond acceptors (Lipinski definition) is 1. The summed E-state index contributed by atoms with van der Waals surface area (Å²) in [6.07, 6.45) is 1.02. The zero-order valence-electron chi connectivity index (χ0n) is 9.80. The number of hydrogen-bond donors (Lipinski definition) is 0. The average molecular weight is 260 g/mol. The predicted molar refractivity (Wildman–Crippen MR) is 65.1 cm³/mol. The fraction of sp³-hybridized carbons (Fsp3) is 0.538. The summed E-state index contributed by atoms with van der Waals surface area (Å²) in [7, 11) is 0. The van der Waals surface area contributed by atoms with E-state index in [1.165, 1.54) is 12.1 Å². The minimum atomic E-state index is -0.534. The van der Waals surface area contributed by atoms with Gasteiger partial charge >= 0.3 is 0 Å². The maximum absolute atomic E-state index is 13.5. The lowest BCUT2D eigenvalue weighted by atomic mass is 9.98. The summed E-state index contributed by atoms with van der Waals surface area (Å²) in [6.45, 7) is 4.32. The Morgan fingerprint density at radius 3 is 2.82 bits per heavy atom. The van der Waals surface area contributed by atoms with E-state index in [-0.39, 0.29) is 5.38 Å². The molecule has 94 valence electrons. The van der Waals surface area contributed by atoms with Crippen molar-refractivity contribution in [2.24, 2.45) is 5.92 Å². The second-order valence-electron chi connectivity index (χ2n) is 4.75. The van der Waals surface area contributed by atoms with Crippen LogP contribution in [0.3, 0.4) is 0 Å². The lowest BCUT2D eigenvalue weighted by Gasteiger charge is -2.33. The first-order chi connectivity index (χ1) is 8.06. The standard InChI is InChI=1S/C13H16ClF2N/c1-9-4-5-17(8-12(9)14)7-10-2-3-11(15)6-13(10)16/h2-3,6,9,12H,4-5,7-8H2,1H3. The molecule has 0 aliphatic carbocycles. The van der Waals surface area contributed by atoms with Crippen LogP contribution in [0.4, 0.5) is 8.78 Å². The van der Waals surface area contributed by atoms with Gasteiger partial charge in [0.25, 0.3) is 0 Å². The summed E-state index contributed by atoms with van der Waals surface area (Å²) in [4.78, 5) is 2.12. The molecule has 1 heterocycles. The van der Waals surface area contributed by atoms with Crippen molar-refractivity contribution in [3.8, 4) is 0 Å². The SMILES string of the molecule is CC1CCN(Cc2ccc(F)cc2F)CC1Cl. The maximum Gasteiger partial charge on any atom is 0.130 e. The highest BCUT2D eigenvalue weighted by Crippen LogP contribution is 2.23. The van der Waals surface area contributed by atoms with Crippen molar-refractivity contribution >= 4 is 11.6 Å². The topological polar surface area (TPSA) is 3.24 Å². The van der Waals surface area contributed by atoms with Crippen LogP contribution in [0, 0.1) is 17.6 Å². The van der Waals surface area contributed by atoms with Gasteiger partial charge in [-0.15, -0.1) is 11.6 Å². The molecular weight excluding hydrogens is 244 g/mol. The van der Waals surface area contributed by atoms with Crippen LogP contribution in [0.25, 0.3) is 0 Å². The first kappa shape index (κ1) is 12.8. The van der Waals surface area contributed by atoms with Crippen LogP contribution in [0.5, 0.6) is 0 Å². The summed E-state index contributed by atoms with van der Waals surface area (Å²) < 4.78 is 26.2. The van der Waals surface area contributed by atoms with Crippen molar-refractivity contribution in [3.63, 3.8) is 0 Å². The Morgan fingerprint density at radius 2 is 2.18 bits per heavy atom. The fourth-order valence-electron chi connectivity index (χ4n) is 2.12. The van der Waals surface area contributed by atoms with Crippen LogP contribution < -0.4 is 0 Å². The lowest BCUT2D eigenvalue weighted by Crippen LogP contribution is -2.39. The minimum Gasteiger partial charge on any atom is -0.297 e. The van der Waals surface area contributed by atoms with Crippen molar-refractivity contribution in [1.29, 1.82) is 0 Å². The number of piperidine rings is 1. The summed E-state index contributed by atoms with van der Waals surface area (Å²) >= 11 is 6.20. The van der Waals surface area contributed by atoms with E-state index in [4.69, 9.17) is 11.6 Å². The normalized spacial score (nSPS) is 26.1. The molecule has 4 heteroatoms. The molecular formula is C13H16ClF2N. The highest BCUT2D eigenvalue weighted by Gasteiger charge is 2.24. The number of nitrogens with zero attached hydrogens (tertiary/aromatic N) is 1. The Bertz CT molecular complexity index is 397. The number of alkyl halides is 1. The van der Waals surface area contributed by atoms with E-state index in [9.17, 15) is 8.78 Å². The van der Waals surface area contributed by atoms with Crippen molar-refractivity contribution in [2.45, 2.75) is 25.3 Å². The molecule has 2 unspecified atom stereocenters. The molecule has 1 nitrogen and oxygen atoms in total. The summed E-state index contributed by atoms with van der Waals surface area (Å²) in [5, 5.41) is 0.118. The van der Waals surface area contributed by atoms with Gasteiger partial charge in [0.05, 0.1) is 0 Å². The van der Waals surface area contributed by atoms with Crippen LogP contribution in [0.2, 0.25) is 0 Å². The third-order valence-corrected chi connectivity index (χ3v) is 3.93. The van der Waals surface area contributed by atoms with Gasteiger partial charge in [-0.3, -0.25) is 4.90 Å². The highest BCUT2D eigenvalue weighted by atomic mass is 35.5. The molecule has 0 amide bonds. The number of benzene rings is 1. The Hall–Kier alpha value is -0.670. The van der Waals surface area contributed by atoms with Gasteiger partial charge in [-0.1, -0.05) is 13.0 Å². The Balaban J connectivity index is 2.01. The Labute approximate surface area is 105 Å². The van der Waals surface area contributed by atoms with Gasteiger partial charge in [0.15, 0.2) is 0 Å². The zero-order valence-corrected chi connectivity index (χ0v) is 10.6. The van der Waals surface area contributed by atoms with Gasteiger partial charge in [-0.2, -0.15) is 0 Å². The van der Waals surface area contributed by atoms with E-state index in [0.29, 0.717) is 18.0 Å². The quantitative estimate of drug-likeness (QED) is 0.736. The monoisotopic (exact) mass is 259 g/mol. The fourth-order valence-corrected chi connectivity index (χ4v) is 2.44. The average Bonchev–Trinajstić information content (AvgIpc) is 2.27. The molecule has 1 fully saturated rings. The van der Waals surface area contributed by atoms with Crippen LogP contribution in [-0.2, 0) is 6.54 Å². The molecule has 1 aliphatic rings. The molecule has 0 bridgehead atoms. The Morgan fingerprint density at radius 1 is 1.41 bits per heavy atom. The second-order valence-corrected chi connectivity index (χ2v) is 5.31. The van der Waals surface area contributed by atoms with E-state index < -0.39 is 11.6 Å². The van der Waals surface area contributed by atoms with E-state index in [1.54, 1.807) is 0 Å². The first-order valence-corrected chi connectivity index (χ1v) is 6.30. The number of rotatable bonds is 2. The van der Waals surface area contributed by atoms with Crippen LogP contribution in [-0.4, -0.2) is 23.4 Å². The maximum atomic E-state index is 13.5. The third kappa shape index (κ3) is 3.17. The van der Waals surface area contributed by atoms with Crippen molar-refractivity contribution in [1.82, 2.24) is 4.90 Å². The molecule has 1 saturated heterocycles. The smallest absolute Gasteiger partial charge is 0.130 e. The van der Waals surface area contributed by atoms with Crippen molar-refractivity contribution in [3.05, 3.63) is 35.4 Å². The summed E-state index contributed by atoms with van der Waals surface area (Å²) in [6, 6.07) is 3.73. The molecule has 0 saturated carbocycles. The van der Waals surface area contributed by atoms with E-state index in [1.807, 2.05) is 0 Å². The molecule has 1 aliphatic heterocycles. The van der Waals surface area contributed by atoms with Gasteiger partial charge < -0.3 is 0 Å². The third-order valence-electron chi connectivity index (χ3n) is 3.36. The molecule has 2 rings (SSSR count). The molecule has 0 N–H and O–H groups in total. The number of likely N-dealkylation sites (tertiary alicyclic amines) is 1. The van der Waals surface area contributed by atoms with Gasteiger partial charge in [-0.05, 0) is 24.9 Å². The molecule has 0 radical (unpaired) electrons. The molecule has 1 aromatic rings.